The van der Waals surface area contributed by atoms with E-state index in [4.69, 9.17) is 0 Å². The molecule has 0 saturated heterocycles. The van der Waals surface area contributed by atoms with Crippen LogP contribution in [0, 0.1) is 5.92 Å². The first-order valence-electron chi connectivity index (χ1n) is 7.95. The molecule has 10 heteroatoms. The second kappa shape index (κ2) is 6.52. The maximum absolute atomic E-state index is 12.3. The lowest BCUT2D eigenvalue weighted by Gasteiger charge is -2.15. The van der Waals surface area contributed by atoms with E-state index in [1.54, 1.807) is 6.07 Å². The Labute approximate surface area is 151 Å². The second-order valence-electron chi connectivity index (χ2n) is 6.07. The fraction of sp³-hybridized carbons (Fsp3) is 0.400. The van der Waals surface area contributed by atoms with E-state index in [1.807, 2.05) is 11.4 Å². The van der Waals surface area contributed by atoms with E-state index in [0.29, 0.717) is 16.1 Å². The molecule has 4 rings (SSSR count). The minimum absolute atomic E-state index is 0.190. The third-order valence-electron chi connectivity index (χ3n) is 4.08. The van der Waals surface area contributed by atoms with Crippen LogP contribution in [0.3, 0.4) is 0 Å². The van der Waals surface area contributed by atoms with Gasteiger partial charge in [-0.15, -0.1) is 22.7 Å². The molecule has 0 fully saturated rings. The largest absolute Gasteiger partial charge is 0.369 e. The zero-order chi connectivity index (χ0) is 17.4. The molecule has 1 amide bonds. The van der Waals surface area contributed by atoms with Gasteiger partial charge in [-0.1, -0.05) is 6.92 Å². The number of carbonyl (C=O) groups excluding carboxylic acids is 1. The fourth-order valence-electron chi connectivity index (χ4n) is 2.79. The van der Waals surface area contributed by atoms with Gasteiger partial charge in [0.2, 0.25) is 5.91 Å². The highest BCUT2D eigenvalue weighted by Crippen LogP contribution is 2.32. The lowest BCUT2D eigenvalue weighted by molar-refractivity contribution is -0.117. The summed E-state index contributed by atoms with van der Waals surface area (Å²) in [6.45, 7) is 2.04. The van der Waals surface area contributed by atoms with E-state index < -0.39 is 5.69 Å². The van der Waals surface area contributed by atoms with Gasteiger partial charge in [-0.05, 0) is 53.1 Å². The average molecular weight is 376 g/mol. The van der Waals surface area contributed by atoms with Gasteiger partial charge in [-0.3, -0.25) is 4.79 Å². The molecule has 0 spiro atoms. The molecule has 1 unspecified atom stereocenters. The van der Waals surface area contributed by atoms with Crippen LogP contribution in [0.2, 0.25) is 0 Å². The van der Waals surface area contributed by atoms with Gasteiger partial charge in [-0.25, -0.2) is 9.78 Å². The highest BCUT2D eigenvalue weighted by atomic mass is 32.1. The number of carbonyl (C=O) groups is 1. The third kappa shape index (κ3) is 3.27. The van der Waals surface area contributed by atoms with Gasteiger partial charge < -0.3 is 5.32 Å². The summed E-state index contributed by atoms with van der Waals surface area (Å²) in [4.78, 5) is 30.2. The molecule has 0 bridgehead atoms. The minimum Gasteiger partial charge on any atom is -0.300 e. The SMILES string of the molecule is CC1CCc2nc(NC(=O)Cn3nnn(-c4cccs4)c3=O)sc2C1. The molecule has 1 aliphatic carbocycles. The van der Waals surface area contributed by atoms with Gasteiger partial charge in [-0.2, -0.15) is 9.36 Å². The molecule has 8 nitrogen and oxygen atoms in total. The van der Waals surface area contributed by atoms with Crippen molar-refractivity contribution in [2.45, 2.75) is 32.7 Å². The van der Waals surface area contributed by atoms with Crippen LogP contribution in [0.25, 0.3) is 5.00 Å². The predicted octanol–water partition coefficient (Wildman–Crippen LogP) is 1.71. The number of anilines is 1. The zero-order valence-electron chi connectivity index (χ0n) is 13.5. The Balaban J connectivity index is 1.46. The number of fused-ring (bicyclic) bond motifs is 1. The van der Waals surface area contributed by atoms with Crippen molar-refractivity contribution in [3.8, 4) is 5.00 Å². The van der Waals surface area contributed by atoms with Crippen molar-refractivity contribution in [1.82, 2.24) is 24.8 Å². The summed E-state index contributed by atoms with van der Waals surface area (Å²) < 4.78 is 2.23. The van der Waals surface area contributed by atoms with Crippen molar-refractivity contribution in [1.29, 1.82) is 0 Å². The van der Waals surface area contributed by atoms with E-state index in [1.165, 1.54) is 32.2 Å². The number of thiazole rings is 1. The summed E-state index contributed by atoms with van der Waals surface area (Å²) >= 11 is 2.89. The second-order valence-corrected chi connectivity index (χ2v) is 8.08. The fourth-order valence-corrected chi connectivity index (χ4v) is 4.65. The zero-order valence-corrected chi connectivity index (χ0v) is 15.1. The predicted molar refractivity (Wildman–Crippen MR) is 95.4 cm³/mol. The van der Waals surface area contributed by atoms with Gasteiger partial charge in [0.25, 0.3) is 0 Å². The Bertz CT molecular complexity index is 955. The van der Waals surface area contributed by atoms with Crippen molar-refractivity contribution in [2.75, 3.05) is 5.32 Å². The number of aryl methyl sites for hydroxylation is 1. The first-order chi connectivity index (χ1) is 12.1. The van der Waals surface area contributed by atoms with Crippen LogP contribution in [-0.2, 0) is 24.2 Å². The topological polar surface area (TPSA) is 94.7 Å². The van der Waals surface area contributed by atoms with Crippen LogP contribution in [0.5, 0.6) is 0 Å². The first kappa shape index (κ1) is 16.2. The first-order valence-corrected chi connectivity index (χ1v) is 9.65. The van der Waals surface area contributed by atoms with Crippen LogP contribution in [0.4, 0.5) is 5.13 Å². The van der Waals surface area contributed by atoms with E-state index in [2.05, 4.69) is 27.7 Å². The Morgan fingerprint density at radius 1 is 1.44 bits per heavy atom. The van der Waals surface area contributed by atoms with Crippen molar-refractivity contribution < 1.29 is 4.79 Å². The molecule has 1 atom stereocenters. The van der Waals surface area contributed by atoms with Crippen molar-refractivity contribution >= 4 is 33.7 Å². The molecule has 3 aromatic rings. The molecular weight excluding hydrogens is 360 g/mol. The molecule has 25 heavy (non-hydrogen) atoms. The maximum Gasteiger partial charge on any atom is 0.369 e. The third-order valence-corrected chi connectivity index (χ3v) is 5.96. The molecule has 130 valence electrons. The number of hydrogen-bond donors (Lipinski definition) is 1. The number of tetrazole rings is 1. The Morgan fingerprint density at radius 3 is 3.12 bits per heavy atom. The number of rotatable bonds is 4. The van der Waals surface area contributed by atoms with E-state index >= 15 is 0 Å². The molecule has 0 radical (unpaired) electrons. The highest BCUT2D eigenvalue weighted by Gasteiger charge is 2.21. The number of thiophene rings is 1. The summed E-state index contributed by atoms with van der Waals surface area (Å²) in [6.07, 6.45) is 3.10. The summed E-state index contributed by atoms with van der Waals surface area (Å²) in [5.74, 6) is 0.321. The minimum atomic E-state index is -0.440. The quantitative estimate of drug-likeness (QED) is 0.748. The monoisotopic (exact) mass is 376 g/mol. The van der Waals surface area contributed by atoms with E-state index in [-0.39, 0.29) is 12.5 Å². The molecular formula is C15H16N6O2S2. The standard InChI is InChI=1S/C15H16N6O2S2/c1-9-4-5-10-11(7-9)25-14(16-10)17-12(22)8-20-15(23)21(19-18-20)13-3-2-6-24-13/h2-3,6,9H,4-5,7-8H2,1H3,(H,16,17,22). The number of nitrogens with one attached hydrogen (secondary N) is 1. The summed E-state index contributed by atoms with van der Waals surface area (Å²) in [7, 11) is 0. The Morgan fingerprint density at radius 2 is 2.32 bits per heavy atom. The molecule has 0 aliphatic heterocycles. The highest BCUT2D eigenvalue weighted by molar-refractivity contribution is 7.15. The summed E-state index contributed by atoms with van der Waals surface area (Å²) in [5.41, 5.74) is 0.643. The van der Waals surface area contributed by atoms with Gasteiger partial charge in [0, 0.05) is 4.88 Å². The molecule has 1 N–H and O–H groups in total. The van der Waals surface area contributed by atoms with E-state index in [0.717, 1.165) is 29.6 Å². The normalized spacial score (nSPS) is 16.6. The maximum atomic E-state index is 12.3. The molecule has 3 aromatic heterocycles. The average Bonchev–Trinajstić information content (AvgIpc) is 3.28. The van der Waals surface area contributed by atoms with Crippen LogP contribution < -0.4 is 11.0 Å². The number of amides is 1. The van der Waals surface area contributed by atoms with Crippen molar-refractivity contribution in [3.63, 3.8) is 0 Å². The molecule has 3 heterocycles. The number of nitrogens with zero attached hydrogens (tertiary/aromatic N) is 5. The number of aromatic nitrogens is 5. The Hall–Kier alpha value is -2.33. The van der Waals surface area contributed by atoms with Crippen molar-refractivity contribution in [3.05, 3.63) is 38.6 Å². The lowest BCUT2D eigenvalue weighted by Crippen LogP contribution is -2.29. The van der Waals surface area contributed by atoms with Crippen LogP contribution >= 0.6 is 22.7 Å². The van der Waals surface area contributed by atoms with Crippen LogP contribution in [-0.4, -0.2) is 30.7 Å². The van der Waals surface area contributed by atoms with Gasteiger partial charge in [0.05, 0.1) is 5.69 Å². The van der Waals surface area contributed by atoms with Gasteiger partial charge in [0.15, 0.2) is 5.13 Å². The van der Waals surface area contributed by atoms with Crippen LogP contribution in [0.1, 0.15) is 23.9 Å². The molecule has 0 saturated carbocycles. The van der Waals surface area contributed by atoms with Gasteiger partial charge >= 0.3 is 5.69 Å². The molecule has 1 aliphatic rings. The summed E-state index contributed by atoms with van der Waals surface area (Å²) in [6, 6.07) is 3.59. The lowest BCUT2D eigenvalue weighted by atomic mass is 9.93. The van der Waals surface area contributed by atoms with E-state index in [9.17, 15) is 9.59 Å². The van der Waals surface area contributed by atoms with Gasteiger partial charge in [0.1, 0.15) is 11.5 Å². The molecule has 0 aromatic carbocycles. The smallest absolute Gasteiger partial charge is 0.300 e. The Kier molecular flexibility index (Phi) is 4.22. The summed E-state index contributed by atoms with van der Waals surface area (Å²) in [5, 5.41) is 13.5. The van der Waals surface area contributed by atoms with Crippen LogP contribution in [0.15, 0.2) is 22.3 Å². The number of hydrogen-bond acceptors (Lipinski definition) is 7. The van der Waals surface area contributed by atoms with Crippen molar-refractivity contribution in [2.24, 2.45) is 5.92 Å².